The molecule has 0 aliphatic carbocycles. The van der Waals surface area contributed by atoms with Crippen molar-refractivity contribution in [1.29, 1.82) is 0 Å². The molecule has 0 aliphatic heterocycles. The molecule has 0 bridgehead atoms. The van der Waals surface area contributed by atoms with Gasteiger partial charge in [-0.25, -0.2) is 0 Å². The van der Waals surface area contributed by atoms with Crippen molar-refractivity contribution in [3.63, 3.8) is 0 Å². The van der Waals surface area contributed by atoms with E-state index in [0.29, 0.717) is 26.6 Å². The van der Waals surface area contributed by atoms with Crippen molar-refractivity contribution < 1.29 is 19.6 Å². The normalized spacial score (nSPS) is 10.2. The Morgan fingerprint density at radius 2 is 1.02 bits per heavy atom. The zero-order valence-corrected chi connectivity index (χ0v) is 25.2. The van der Waals surface area contributed by atoms with Crippen LogP contribution in [0.3, 0.4) is 0 Å². The summed E-state index contributed by atoms with van der Waals surface area (Å²) in [6.07, 6.45) is 1.55. The van der Waals surface area contributed by atoms with Crippen LogP contribution in [-0.2, 0) is 0 Å². The Balaban J connectivity index is 0.000000154. The predicted octanol–water partition coefficient (Wildman–Crippen LogP) is 8.41. The summed E-state index contributed by atoms with van der Waals surface area (Å²) < 4.78 is 0.731. The van der Waals surface area contributed by atoms with Crippen molar-refractivity contribution in [3.8, 4) is 11.1 Å². The van der Waals surface area contributed by atoms with Gasteiger partial charge >= 0.3 is 7.12 Å². The molecular formula is C34H24BBrCl2O4. The molecule has 0 radical (unpaired) electrons. The van der Waals surface area contributed by atoms with Crippen LogP contribution in [-0.4, -0.2) is 29.7 Å². The van der Waals surface area contributed by atoms with Crippen LogP contribution < -0.4 is 5.46 Å². The summed E-state index contributed by atoms with van der Waals surface area (Å²) in [6, 6.07) is 38.1. The molecule has 0 heterocycles. The topological polar surface area (TPSA) is 74.6 Å². The lowest BCUT2D eigenvalue weighted by Gasteiger charge is -2.10. The summed E-state index contributed by atoms with van der Waals surface area (Å²) in [6.45, 7) is 0. The summed E-state index contributed by atoms with van der Waals surface area (Å²) in [4.78, 5) is 21.6. The first-order valence-corrected chi connectivity index (χ1v) is 14.4. The fourth-order valence-corrected chi connectivity index (χ4v) is 5.46. The first kappa shape index (κ1) is 31.2. The number of rotatable bonds is 4. The number of benzene rings is 6. The Morgan fingerprint density at radius 3 is 1.62 bits per heavy atom. The highest BCUT2D eigenvalue weighted by molar-refractivity contribution is 9.10. The summed E-state index contributed by atoms with van der Waals surface area (Å²) in [5.74, 6) is 0. The number of halogens is 3. The molecule has 2 N–H and O–H groups in total. The van der Waals surface area contributed by atoms with E-state index in [0.717, 1.165) is 49.7 Å². The number of carbonyl (C=O) groups is 2. The molecular weight excluding hydrogens is 634 g/mol. The second-order valence-corrected chi connectivity index (χ2v) is 10.7. The van der Waals surface area contributed by atoms with Gasteiger partial charge in [0, 0.05) is 15.6 Å². The maximum absolute atomic E-state index is 11.3. The predicted molar refractivity (Wildman–Crippen MR) is 178 cm³/mol. The lowest BCUT2D eigenvalue weighted by Crippen LogP contribution is -2.30. The van der Waals surface area contributed by atoms with E-state index in [1.807, 2.05) is 72.8 Å². The van der Waals surface area contributed by atoms with Crippen molar-refractivity contribution in [1.82, 2.24) is 0 Å². The second kappa shape index (κ2) is 14.9. The van der Waals surface area contributed by atoms with E-state index in [1.54, 1.807) is 30.3 Å². The van der Waals surface area contributed by atoms with Gasteiger partial charge in [-0.2, -0.15) is 0 Å². The molecule has 6 aromatic rings. The number of carbonyl (C=O) groups excluding carboxylic acids is 2. The number of fused-ring (bicyclic) bond motifs is 2. The summed E-state index contributed by atoms with van der Waals surface area (Å²) in [5.41, 5.74) is 3.50. The monoisotopic (exact) mass is 656 g/mol. The molecule has 208 valence electrons. The molecule has 8 heteroatoms. The van der Waals surface area contributed by atoms with Crippen molar-refractivity contribution in [2.45, 2.75) is 0 Å². The van der Waals surface area contributed by atoms with E-state index < -0.39 is 7.12 Å². The Labute approximate surface area is 262 Å². The quantitative estimate of drug-likeness (QED) is 0.147. The largest absolute Gasteiger partial charge is 0.489 e. The van der Waals surface area contributed by atoms with Crippen LogP contribution in [0, 0.1) is 0 Å². The fraction of sp³-hybridized carbons (Fsp3) is 0. The van der Waals surface area contributed by atoms with E-state index in [9.17, 15) is 9.59 Å². The van der Waals surface area contributed by atoms with Crippen LogP contribution in [0.15, 0.2) is 126 Å². The maximum atomic E-state index is 11.3. The van der Waals surface area contributed by atoms with Gasteiger partial charge in [0.25, 0.3) is 0 Å². The summed E-state index contributed by atoms with van der Waals surface area (Å²) in [7, 11) is -1.40. The summed E-state index contributed by atoms with van der Waals surface area (Å²) in [5, 5.41) is 23.3. The Morgan fingerprint density at radius 1 is 0.548 bits per heavy atom. The highest BCUT2D eigenvalue weighted by Gasteiger charge is 2.13. The van der Waals surface area contributed by atoms with Crippen LogP contribution in [0.5, 0.6) is 0 Å². The average molecular weight is 658 g/mol. The minimum Gasteiger partial charge on any atom is -0.423 e. The van der Waals surface area contributed by atoms with Gasteiger partial charge < -0.3 is 10.0 Å². The van der Waals surface area contributed by atoms with Gasteiger partial charge in [-0.15, -0.1) is 0 Å². The number of hydrogen-bond acceptors (Lipinski definition) is 4. The van der Waals surface area contributed by atoms with Gasteiger partial charge in [0.05, 0.1) is 10.0 Å². The minimum absolute atomic E-state index is 0.476. The standard InChI is InChI=1S/C17H11ClO.C10H9BO2.C7H4BrClO/c18-17-10-4-9-15(16(17)11-19)14-8-3-6-12-5-1-2-7-13(12)14;12-11(13)10-7-3-5-8-4-1-2-6-9(8)10;8-6-2-1-3-7(9)5(6)4-10/h1-11H;1-7,12-13H;1-4H. The fourth-order valence-electron chi connectivity index (χ4n) is 4.45. The van der Waals surface area contributed by atoms with E-state index in [2.05, 4.69) is 34.1 Å². The molecule has 6 rings (SSSR count). The zero-order chi connectivity index (χ0) is 30.1. The molecule has 6 aromatic carbocycles. The Kier molecular flexibility index (Phi) is 11.1. The van der Waals surface area contributed by atoms with Crippen molar-refractivity contribution >= 4 is 85.8 Å². The van der Waals surface area contributed by atoms with Crippen LogP contribution >= 0.6 is 39.1 Å². The molecule has 4 nitrogen and oxygen atoms in total. The minimum atomic E-state index is -1.40. The Bertz CT molecular complexity index is 1830. The van der Waals surface area contributed by atoms with Gasteiger partial charge in [0.2, 0.25) is 0 Å². The average Bonchev–Trinajstić information content (AvgIpc) is 3.01. The van der Waals surface area contributed by atoms with Crippen molar-refractivity contribution in [3.05, 3.63) is 147 Å². The third kappa shape index (κ3) is 7.35. The van der Waals surface area contributed by atoms with Gasteiger partial charge in [-0.05, 0) is 56.3 Å². The van der Waals surface area contributed by atoms with Crippen LogP contribution in [0.4, 0.5) is 0 Å². The Hall–Kier alpha value is -3.78. The third-order valence-electron chi connectivity index (χ3n) is 6.47. The van der Waals surface area contributed by atoms with Gasteiger partial charge in [-0.3, -0.25) is 9.59 Å². The molecule has 0 aliphatic rings. The SMILES string of the molecule is O=Cc1c(Cl)cccc1-c1cccc2ccccc12.O=Cc1c(Cl)cccc1Br.OB(O)c1cccc2ccccc12. The molecule has 0 saturated carbocycles. The van der Waals surface area contributed by atoms with Crippen molar-refractivity contribution in [2.75, 3.05) is 0 Å². The number of hydrogen-bond donors (Lipinski definition) is 2. The molecule has 0 fully saturated rings. The van der Waals surface area contributed by atoms with E-state index in [4.69, 9.17) is 33.2 Å². The maximum Gasteiger partial charge on any atom is 0.489 e. The molecule has 42 heavy (non-hydrogen) atoms. The lowest BCUT2D eigenvalue weighted by atomic mass is 9.77. The molecule has 0 unspecified atom stereocenters. The van der Waals surface area contributed by atoms with E-state index in [1.165, 1.54) is 0 Å². The van der Waals surface area contributed by atoms with Crippen LogP contribution in [0.25, 0.3) is 32.7 Å². The van der Waals surface area contributed by atoms with Crippen LogP contribution in [0.2, 0.25) is 10.0 Å². The lowest BCUT2D eigenvalue weighted by molar-refractivity contribution is 0.111. The summed E-state index contributed by atoms with van der Waals surface area (Å²) >= 11 is 15.0. The van der Waals surface area contributed by atoms with Gasteiger partial charge in [0.15, 0.2) is 12.6 Å². The second-order valence-electron chi connectivity index (χ2n) is 9.04. The zero-order valence-electron chi connectivity index (χ0n) is 22.1. The molecule has 0 aromatic heterocycles. The molecule has 0 spiro atoms. The van der Waals surface area contributed by atoms with Crippen LogP contribution in [0.1, 0.15) is 20.7 Å². The van der Waals surface area contributed by atoms with E-state index in [-0.39, 0.29) is 0 Å². The van der Waals surface area contributed by atoms with Crippen molar-refractivity contribution in [2.24, 2.45) is 0 Å². The highest BCUT2D eigenvalue weighted by atomic mass is 79.9. The number of aldehydes is 2. The van der Waals surface area contributed by atoms with Gasteiger partial charge in [0.1, 0.15) is 0 Å². The van der Waals surface area contributed by atoms with E-state index >= 15 is 0 Å². The third-order valence-corrected chi connectivity index (χ3v) is 7.82. The first-order valence-electron chi connectivity index (χ1n) is 12.8. The molecule has 0 amide bonds. The highest BCUT2D eigenvalue weighted by Crippen LogP contribution is 2.33. The van der Waals surface area contributed by atoms with Gasteiger partial charge in [-0.1, -0.05) is 142 Å². The first-order chi connectivity index (χ1) is 20.3. The molecule has 0 saturated heterocycles. The molecule has 0 atom stereocenters. The smallest absolute Gasteiger partial charge is 0.423 e.